The highest BCUT2D eigenvalue weighted by Gasteiger charge is 2.18. The van der Waals surface area contributed by atoms with Gasteiger partial charge in [0, 0.05) is 31.6 Å². The van der Waals surface area contributed by atoms with Gasteiger partial charge >= 0.3 is 0 Å². The molecule has 0 saturated carbocycles. The Morgan fingerprint density at radius 3 is 2.50 bits per heavy atom. The Hall–Kier alpha value is -0.390. The van der Waals surface area contributed by atoms with E-state index >= 15 is 0 Å². The van der Waals surface area contributed by atoms with E-state index in [1.54, 1.807) is 18.4 Å². The predicted molar refractivity (Wildman–Crippen MR) is 105 cm³/mol. The molecule has 2 N–H and O–H groups in total. The van der Waals surface area contributed by atoms with Gasteiger partial charge in [0.15, 0.2) is 5.96 Å². The minimum atomic E-state index is -3.19. The number of thiophene rings is 1. The van der Waals surface area contributed by atoms with Crippen molar-refractivity contribution in [1.82, 2.24) is 14.9 Å². The molecular weight excluding hydrogens is 435 g/mol. The SMILES string of the molecule is CCN(CC)S(=O)(=O)CCNC(=NC)NCc1cccs1.I. The molecule has 0 spiro atoms. The molecule has 0 aliphatic carbocycles. The number of halogens is 1. The van der Waals surface area contributed by atoms with Crippen LogP contribution in [0.15, 0.2) is 22.5 Å². The molecule has 6 nitrogen and oxygen atoms in total. The summed E-state index contributed by atoms with van der Waals surface area (Å²) in [4.78, 5) is 5.29. The number of nitrogens with zero attached hydrogens (tertiary/aromatic N) is 2. The lowest BCUT2D eigenvalue weighted by molar-refractivity contribution is 0.445. The van der Waals surface area contributed by atoms with Gasteiger partial charge < -0.3 is 10.6 Å². The van der Waals surface area contributed by atoms with Crippen LogP contribution in [0, 0.1) is 0 Å². The maximum Gasteiger partial charge on any atom is 0.215 e. The topological polar surface area (TPSA) is 73.8 Å². The Morgan fingerprint density at radius 1 is 1.32 bits per heavy atom. The Balaban J connectivity index is 0.00000441. The highest BCUT2D eigenvalue weighted by Crippen LogP contribution is 2.07. The van der Waals surface area contributed by atoms with Gasteiger partial charge in [-0.2, -0.15) is 0 Å². The molecule has 1 heterocycles. The summed E-state index contributed by atoms with van der Waals surface area (Å²) < 4.78 is 25.5. The molecular formula is C13H25IN4O2S2. The van der Waals surface area contributed by atoms with Crippen LogP contribution in [0.4, 0.5) is 0 Å². The van der Waals surface area contributed by atoms with Crippen LogP contribution < -0.4 is 10.6 Å². The molecule has 0 amide bonds. The van der Waals surface area contributed by atoms with Crippen LogP contribution in [0.5, 0.6) is 0 Å². The third-order valence-electron chi connectivity index (χ3n) is 2.99. The Kier molecular flexibility index (Phi) is 11.0. The molecule has 0 unspecified atom stereocenters. The fourth-order valence-electron chi connectivity index (χ4n) is 1.85. The van der Waals surface area contributed by atoms with Crippen LogP contribution in [0.1, 0.15) is 18.7 Å². The Morgan fingerprint density at radius 2 is 2.00 bits per heavy atom. The number of aliphatic imine (C=N–C) groups is 1. The van der Waals surface area contributed by atoms with Crippen molar-refractivity contribution in [1.29, 1.82) is 0 Å². The van der Waals surface area contributed by atoms with E-state index in [9.17, 15) is 8.42 Å². The quantitative estimate of drug-likeness (QED) is 0.352. The van der Waals surface area contributed by atoms with E-state index in [4.69, 9.17) is 0 Å². The van der Waals surface area contributed by atoms with Crippen molar-refractivity contribution in [2.75, 3.05) is 32.4 Å². The lowest BCUT2D eigenvalue weighted by Gasteiger charge is -2.19. The number of guanidine groups is 1. The molecule has 9 heteroatoms. The minimum Gasteiger partial charge on any atom is -0.355 e. The summed E-state index contributed by atoms with van der Waals surface area (Å²) in [5.41, 5.74) is 0. The summed E-state index contributed by atoms with van der Waals surface area (Å²) in [5, 5.41) is 8.20. The normalized spacial score (nSPS) is 12.1. The smallest absolute Gasteiger partial charge is 0.215 e. The maximum absolute atomic E-state index is 12.0. The second-order valence-corrected chi connectivity index (χ2v) is 7.45. The van der Waals surface area contributed by atoms with Crippen LogP contribution in [0.3, 0.4) is 0 Å². The van der Waals surface area contributed by atoms with Gasteiger partial charge in [-0.05, 0) is 11.4 Å². The van der Waals surface area contributed by atoms with E-state index in [-0.39, 0.29) is 29.7 Å². The first kappa shape index (κ1) is 21.6. The zero-order valence-corrected chi connectivity index (χ0v) is 17.2. The van der Waals surface area contributed by atoms with Crippen molar-refractivity contribution < 1.29 is 8.42 Å². The zero-order chi connectivity index (χ0) is 15.7. The Labute approximate surface area is 154 Å². The van der Waals surface area contributed by atoms with Crippen molar-refractivity contribution in [3.05, 3.63) is 22.4 Å². The van der Waals surface area contributed by atoms with Gasteiger partial charge in [0.25, 0.3) is 0 Å². The number of hydrogen-bond acceptors (Lipinski definition) is 4. The van der Waals surface area contributed by atoms with Gasteiger partial charge in [-0.1, -0.05) is 19.9 Å². The molecule has 1 aromatic heterocycles. The molecule has 0 radical (unpaired) electrons. The standard InChI is InChI=1S/C13H24N4O2S2.HI/c1-4-17(5-2)21(18,19)10-8-15-13(14-3)16-11-12-7-6-9-20-12;/h6-7,9H,4-5,8,10-11H2,1-3H3,(H2,14,15,16);1H. The second-order valence-electron chi connectivity index (χ2n) is 4.33. The molecule has 0 bridgehead atoms. The van der Waals surface area contributed by atoms with E-state index in [0.717, 1.165) is 0 Å². The molecule has 0 aliphatic rings. The molecule has 0 aliphatic heterocycles. The first-order valence-corrected chi connectivity index (χ1v) is 9.47. The van der Waals surface area contributed by atoms with Gasteiger partial charge in [0.05, 0.1) is 12.3 Å². The monoisotopic (exact) mass is 460 g/mol. The van der Waals surface area contributed by atoms with E-state index in [1.165, 1.54) is 9.18 Å². The average molecular weight is 460 g/mol. The highest BCUT2D eigenvalue weighted by atomic mass is 127. The molecule has 128 valence electrons. The third kappa shape index (κ3) is 7.25. The van der Waals surface area contributed by atoms with Crippen LogP contribution >= 0.6 is 35.3 Å². The third-order valence-corrected chi connectivity index (χ3v) is 5.88. The van der Waals surface area contributed by atoms with Gasteiger partial charge in [0.1, 0.15) is 0 Å². The second kappa shape index (κ2) is 11.2. The zero-order valence-electron chi connectivity index (χ0n) is 13.2. The first-order valence-electron chi connectivity index (χ1n) is 6.98. The Bertz CT molecular complexity index is 528. The van der Waals surface area contributed by atoms with Gasteiger partial charge in [0.2, 0.25) is 10.0 Å². The summed E-state index contributed by atoms with van der Waals surface area (Å²) in [5.74, 6) is 0.673. The fourth-order valence-corrected chi connectivity index (χ4v) is 3.90. The van der Waals surface area contributed by atoms with E-state index in [1.807, 2.05) is 31.4 Å². The van der Waals surface area contributed by atoms with Gasteiger partial charge in [-0.15, -0.1) is 35.3 Å². The summed E-state index contributed by atoms with van der Waals surface area (Å²) >= 11 is 1.67. The van der Waals surface area contributed by atoms with E-state index in [0.29, 0.717) is 32.1 Å². The largest absolute Gasteiger partial charge is 0.355 e. The number of sulfonamides is 1. The van der Waals surface area contributed by atoms with Crippen molar-refractivity contribution in [3.63, 3.8) is 0 Å². The molecule has 0 atom stereocenters. The summed E-state index contributed by atoms with van der Waals surface area (Å²) in [6, 6.07) is 4.03. The number of rotatable bonds is 8. The molecule has 0 aromatic carbocycles. The minimum absolute atomic E-state index is 0. The summed E-state index contributed by atoms with van der Waals surface area (Å²) in [6.07, 6.45) is 0. The van der Waals surface area contributed by atoms with Crippen molar-refractivity contribution in [3.8, 4) is 0 Å². The van der Waals surface area contributed by atoms with Crippen molar-refractivity contribution in [2.24, 2.45) is 4.99 Å². The average Bonchev–Trinajstić information content (AvgIpc) is 2.96. The predicted octanol–water partition coefficient (Wildman–Crippen LogP) is 1.70. The molecule has 0 saturated heterocycles. The van der Waals surface area contributed by atoms with E-state index in [2.05, 4.69) is 15.6 Å². The van der Waals surface area contributed by atoms with Crippen molar-refractivity contribution >= 4 is 51.3 Å². The molecule has 1 aromatic rings. The van der Waals surface area contributed by atoms with Gasteiger partial charge in [-0.25, -0.2) is 12.7 Å². The summed E-state index contributed by atoms with van der Waals surface area (Å²) in [6.45, 7) is 5.71. The van der Waals surface area contributed by atoms with Crippen LogP contribution in [-0.2, 0) is 16.6 Å². The lowest BCUT2D eigenvalue weighted by Crippen LogP contribution is -2.41. The summed E-state index contributed by atoms with van der Waals surface area (Å²) in [7, 11) is -1.53. The fraction of sp³-hybridized carbons (Fsp3) is 0.615. The van der Waals surface area contributed by atoms with Crippen LogP contribution in [0.2, 0.25) is 0 Å². The lowest BCUT2D eigenvalue weighted by atomic mass is 10.5. The maximum atomic E-state index is 12.0. The van der Waals surface area contributed by atoms with Crippen LogP contribution in [-0.4, -0.2) is 51.1 Å². The number of nitrogens with one attached hydrogen (secondary N) is 2. The molecule has 1 rings (SSSR count). The molecule has 22 heavy (non-hydrogen) atoms. The van der Waals surface area contributed by atoms with Gasteiger partial charge in [-0.3, -0.25) is 4.99 Å². The first-order chi connectivity index (χ1) is 10.0. The molecule has 0 fully saturated rings. The van der Waals surface area contributed by atoms with Crippen LogP contribution in [0.25, 0.3) is 0 Å². The van der Waals surface area contributed by atoms with Crippen molar-refractivity contribution in [2.45, 2.75) is 20.4 Å². The van der Waals surface area contributed by atoms with E-state index < -0.39 is 10.0 Å². The number of hydrogen-bond donors (Lipinski definition) is 2. The highest BCUT2D eigenvalue weighted by molar-refractivity contribution is 14.0.